The molecule has 0 fully saturated rings. The number of rotatable bonds is 3. The van der Waals surface area contributed by atoms with Gasteiger partial charge < -0.3 is 44.1 Å². The molecule has 0 aromatic heterocycles. The predicted octanol–water partition coefficient (Wildman–Crippen LogP) is -4.25. The molecule has 0 saturated carbocycles. The van der Waals surface area contributed by atoms with Gasteiger partial charge in [-0.3, -0.25) is 0 Å². The van der Waals surface area contributed by atoms with Crippen LogP contribution < -0.4 is 15.3 Å². The standard InChI is InChI=1S/3C2H4O2.3C2H3O.2Al/c3*1-2(3)4;3*1-2-3;;/h3*1H3,(H,3,4);3*1H3;;/q;;;;;;;+3/p-3. The molecule has 0 aliphatic rings. The van der Waals surface area contributed by atoms with Crippen molar-refractivity contribution in [3.05, 3.63) is 0 Å². The van der Waals surface area contributed by atoms with Crippen LogP contribution in [0.5, 0.6) is 0 Å². The molecular formula is C12H18Al2O9. The zero-order chi connectivity index (χ0) is 19.0. The third-order valence-corrected chi connectivity index (χ3v) is 3.66. The Balaban J connectivity index is -0.0000000700. The van der Waals surface area contributed by atoms with Gasteiger partial charge in [-0.15, -0.1) is 0 Å². The molecule has 0 aromatic carbocycles. The first-order valence-corrected chi connectivity index (χ1v) is 7.44. The first kappa shape index (κ1) is 33.2. The van der Waals surface area contributed by atoms with Crippen molar-refractivity contribution in [3.8, 4) is 0 Å². The van der Waals surface area contributed by atoms with Crippen LogP contribution >= 0.6 is 0 Å². The van der Waals surface area contributed by atoms with Crippen LogP contribution in [0.3, 0.4) is 0 Å². The van der Waals surface area contributed by atoms with Gasteiger partial charge in [0.05, 0.1) is 13.9 Å². The summed E-state index contributed by atoms with van der Waals surface area (Å²) < 4.78 is -0.708. The van der Waals surface area contributed by atoms with Gasteiger partial charge >= 0.3 is 31.5 Å². The Morgan fingerprint density at radius 2 is 0.609 bits per heavy atom. The fourth-order valence-electron chi connectivity index (χ4n) is 0.859. The van der Waals surface area contributed by atoms with Gasteiger partial charge in [0.15, 0.2) is 0 Å². The smallest absolute Gasteiger partial charge is 0.550 e. The number of aliphatic carboxylic acids is 3. The second-order valence-corrected chi connectivity index (χ2v) is 7.04. The maximum absolute atomic E-state index is 10.6. The van der Waals surface area contributed by atoms with E-state index in [1.165, 1.54) is 20.8 Å². The van der Waals surface area contributed by atoms with E-state index in [1.54, 1.807) is 0 Å². The van der Waals surface area contributed by atoms with Crippen molar-refractivity contribution in [1.82, 2.24) is 0 Å². The summed E-state index contributed by atoms with van der Waals surface area (Å²) in [6.07, 6.45) is 0. The van der Waals surface area contributed by atoms with Crippen LogP contribution in [0.2, 0.25) is 0 Å². The maximum atomic E-state index is 10.6. The Morgan fingerprint density at radius 1 is 0.522 bits per heavy atom. The van der Waals surface area contributed by atoms with E-state index in [1.807, 2.05) is 0 Å². The van der Waals surface area contributed by atoms with Crippen LogP contribution in [0.4, 0.5) is 0 Å². The predicted molar refractivity (Wildman–Crippen MR) is 75.6 cm³/mol. The van der Waals surface area contributed by atoms with Gasteiger partial charge in [0.2, 0.25) is 0 Å². The average molecular weight is 360 g/mol. The van der Waals surface area contributed by atoms with Crippen LogP contribution in [-0.2, 0) is 28.8 Å². The van der Waals surface area contributed by atoms with Crippen LogP contribution in [0.25, 0.3) is 0 Å². The first-order chi connectivity index (χ1) is 9.66. The number of carboxylic acid groups (broad SMARTS) is 3. The molecule has 9 nitrogen and oxygen atoms in total. The molecule has 0 bridgehead atoms. The summed E-state index contributed by atoms with van der Waals surface area (Å²) in [5.41, 5.74) is 0. The van der Waals surface area contributed by atoms with Crippen LogP contribution in [-0.4, -0.2) is 63.4 Å². The van der Waals surface area contributed by atoms with Gasteiger partial charge in [-0.25, -0.2) is 0 Å². The Kier molecular flexibility index (Phi) is 29.5. The van der Waals surface area contributed by atoms with Crippen molar-refractivity contribution in [1.29, 1.82) is 0 Å². The topological polar surface area (TPSA) is 172 Å². The van der Waals surface area contributed by atoms with Gasteiger partial charge in [-0.1, -0.05) is 0 Å². The van der Waals surface area contributed by atoms with E-state index in [0.29, 0.717) is 0 Å². The molecule has 0 N–H and O–H groups in total. The second-order valence-electron chi connectivity index (χ2n) is 3.74. The molecule has 0 aromatic rings. The van der Waals surface area contributed by atoms with E-state index in [9.17, 15) is 14.4 Å². The summed E-state index contributed by atoms with van der Waals surface area (Å²) in [6.45, 7) is 6.83. The number of carbonyl (C=O) groups excluding carboxylic acids is 6. The van der Waals surface area contributed by atoms with Crippen molar-refractivity contribution < 1.29 is 44.1 Å². The molecule has 11 heteroatoms. The first-order valence-electron chi connectivity index (χ1n) is 5.70. The molecule has 126 valence electrons. The minimum atomic E-state index is -2.37. The summed E-state index contributed by atoms with van der Waals surface area (Å²) in [5, 5.41) is 26.7. The molecule has 0 rings (SSSR count). The number of carbonyl (C=O) groups is 6. The fraction of sp³-hybridized carbons (Fsp3) is 0.500. The summed E-state index contributed by atoms with van der Waals surface area (Å²) >= 11 is -2.37. The van der Waals surface area contributed by atoms with Crippen molar-refractivity contribution in [3.63, 3.8) is 0 Å². The second kappa shape index (κ2) is 20.5. The minimum Gasteiger partial charge on any atom is -0.550 e. The quantitative estimate of drug-likeness (QED) is 0.452. The molecule has 0 spiro atoms. The fourth-order valence-corrected chi connectivity index (χ4v) is 2.58. The van der Waals surface area contributed by atoms with Crippen molar-refractivity contribution in [2.24, 2.45) is 0 Å². The summed E-state index contributed by atoms with van der Waals surface area (Å²) in [6, 6.07) is 0. The molecule has 0 heterocycles. The van der Waals surface area contributed by atoms with Gasteiger partial charge in [0, 0.05) is 17.9 Å². The summed E-state index contributed by atoms with van der Waals surface area (Å²) in [5.74, 6) is -3.25. The molecule has 0 atom stereocenters. The largest absolute Gasteiger partial charge is 3.00 e. The Hall–Kier alpha value is -1.52. The van der Waals surface area contributed by atoms with Gasteiger partial charge in [0.1, 0.15) is 0 Å². The Bertz CT molecular complexity index is 345. The zero-order valence-electron chi connectivity index (χ0n) is 13.8. The normalized spacial score (nSPS) is 7.04. The Labute approximate surface area is 149 Å². The number of hydrogen-bond acceptors (Lipinski definition) is 9. The average Bonchev–Trinajstić information content (AvgIpc) is 2.10. The molecule has 0 aliphatic carbocycles. The molecule has 0 aliphatic heterocycles. The molecule has 0 radical (unpaired) electrons. The van der Waals surface area contributed by atoms with E-state index in [-0.39, 0.29) is 31.3 Å². The number of carboxylic acids is 3. The maximum Gasteiger partial charge on any atom is 3.00 e. The SMILES string of the molecule is CC(=O)[O-].CC(=O)[O-].CC(=O)[O-].C[C](=O)[Al]([C](C)=O)[C](C)=O.[Al+3]. The van der Waals surface area contributed by atoms with E-state index in [4.69, 9.17) is 29.7 Å². The van der Waals surface area contributed by atoms with Crippen LogP contribution in [0.1, 0.15) is 41.5 Å². The zero-order valence-corrected chi connectivity index (χ0v) is 16.1. The van der Waals surface area contributed by atoms with Gasteiger partial charge in [0.25, 0.3) is 0 Å². The Morgan fingerprint density at radius 3 is 0.609 bits per heavy atom. The molecule has 0 saturated heterocycles. The summed E-state index contributed by atoms with van der Waals surface area (Å²) in [7, 11) is 0. The molecule has 0 amide bonds. The number of hydrogen-bond donors (Lipinski definition) is 0. The van der Waals surface area contributed by atoms with Crippen molar-refractivity contribution >= 4 is 63.4 Å². The van der Waals surface area contributed by atoms with E-state index in [0.717, 1.165) is 20.8 Å². The third-order valence-electron chi connectivity index (χ3n) is 1.22. The monoisotopic (exact) mass is 360 g/mol. The van der Waals surface area contributed by atoms with Crippen molar-refractivity contribution in [2.75, 3.05) is 0 Å². The van der Waals surface area contributed by atoms with Gasteiger partial charge in [-0.05, 0) is 41.5 Å². The van der Waals surface area contributed by atoms with E-state index < -0.39 is 32.1 Å². The molecular weight excluding hydrogens is 342 g/mol. The van der Waals surface area contributed by atoms with Crippen LogP contribution in [0.15, 0.2) is 0 Å². The minimum absolute atomic E-state index is 0. The molecule has 23 heavy (non-hydrogen) atoms. The van der Waals surface area contributed by atoms with Gasteiger partial charge in [-0.2, -0.15) is 0 Å². The van der Waals surface area contributed by atoms with Crippen molar-refractivity contribution in [2.45, 2.75) is 41.5 Å². The molecule has 0 unspecified atom stereocenters. The summed E-state index contributed by atoms with van der Waals surface area (Å²) in [4.78, 5) is 58.6. The van der Waals surface area contributed by atoms with E-state index >= 15 is 0 Å². The van der Waals surface area contributed by atoms with E-state index in [2.05, 4.69) is 0 Å². The van der Waals surface area contributed by atoms with Crippen LogP contribution in [0, 0.1) is 0 Å². The third kappa shape index (κ3) is 63.7.